The molecule has 0 aliphatic heterocycles. The number of benzene rings is 1. The Bertz CT molecular complexity index is 540. The van der Waals surface area contributed by atoms with E-state index in [2.05, 4.69) is 10.6 Å². The molecule has 0 saturated carbocycles. The van der Waals surface area contributed by atoms with Crippen molar-refractivity contribution >= 4 is 23.5 Å². The van der Waals surface area contributed by atoms with E-state index in [1.165, 1.54) is 14.0 Å². The van der Waals surface area contributed by atoms with Crippen molar-refractivity contribution in [2.45, 2.75) is 33.2 Å². The number of rotatable bonds is 6. The number of ether oxygens (including phenoxy) is 1. The van der Waals surface area contributed by atoms with Crippen LogP contribution in [0.2, 0.25) is 0 Å². The molecule has 0 spiro atoms. The molecule has 0 saturated heterocycles. The highest BCUT2D eigenvalue weighted by molar-refractivity contribution is 5.97. The van der Waals surface area contributed by atoms with Gasteiger partial charge in [-0.25, -0.2) is 4.79 Å². The van der Waals surface area contributed by atoms with Gasteiger partial charge in [0, 0.05) is 18.2 Å². The van der Waals surface area contributed by atoms with Crippen LogP contribution < -0.4 is 10.6 Å². The first-order chi connectivity index (χ1) is 10.4. The smallest absolute Gasteiger partial charge is 0.328 e. The molecule has 1 aromatic rings. The topological polar surface area (TPSA) is 84.5 Å². The lowest BCUT2D eigenvalue weighted by Gasteiger charge is -2.21. The van der Waals surface area contributed by atoms with E-state index in [0.29, 0.717) is 11.3 Å². The molecule has 0 fully saturated rings. The maximum absolute atomic E-state index is 12.2. The third-order valence-corrected chi connectivity index (χ3v) is 3.42. The first-order valence-corrected chi connectivity index (χ1v) is 7.15. The number of carbonyl (C=O) groups excluding carboxylic acids is 3. The van der Waals surface area contributed by atoms with Crippen LogP contribution in [0.25, 0.3) is 0 Å². The molecule has 6 heteroatoms. The van der Waals surface area contributed by atoms with E-state index in [9.17, 15) is 14.4 Å². The number of nitrogens with one attached hydrogen (secondary N) is 2. The number of hydrogen-bond acceptors (Lipinski definition) is 4. The van der Waals surface area contributed by atoms with Crippen LogP contribution in [-0.2, 0) is 14.3 Å². The summed E-state index contributed by atoms with van der Waals surface area (Å²) in [5.41, 5.74) is 1.02. The van der Waals surface area contributed by atoms with Crippen LogP contribution in [0.15, 0.2) is 24.3 Å². The SMILES string of the molecule is CC[C@H](C)[C@@H](NC(=O)c1ccc(NC(C)=O)cc1)C(=O)OC. The van der Waals surface area contributed by atoms with Crippen molar-refractivity contribution in [3.8, 4) is 0 Å². The van der Waals surface area contributed by atoms with Gasteiger partial charge >= 0.3 is 5.97 Å². The van der Waals surface area contributed by atoms with Gasteiger partial charge in [-0.05, 0) is 30.2 Å². The van der Waals surface area contributed by atoms with Gasteiger partial charge in [0.05, 0.1) is 7.11 Å². The van der Waals surface area contributed by atoms with Crippen molar-refractivity contribution in [1.29, 1.82) is 0 Å². The van der Waals surface area contributed by atoms with Crippen LogP contribution in [0, 0.1) is 5.92 Å². The van der Waals surface area contributed by atoms with Crippen molar-refractivity contribution < 1.29 is 19.1 Å². The van der Waals surface area contributed by atoms with E-state index in [0.717, 1.165) is 6.42 Å². The largest absolute Gasteiger partial charge is 0.467 e. The van der Waals surface area contributed by atoms with E-state index in [-0.39, 0.29) is 17.7 Å². The number of anilines is 1. The third kappa shape index (κ3) is 4.87. The molecule has 1 rings (SSSR count). The number of methoxy groups -OCH3 is 1. The standard InChI is InChI=1S/C16H22N2O4/c1-5-10(2)14(16(21)22-4)18-15(20)12-6-8-13(9-7-12)17-11(3)19/h6-10,14H,5H2,1-4H3,(H,17,19)(H,18,20)/t10-,14+/m0/s1. The molecular weight excluding hydrogens is 284 g/mol. The Kier molecular flexibility index (Phi) is 6.56. The third-order valence-electron chi connectivity index (χ3n) is 3.42. The summed E-state index contributed by atoms with van der Waals surface area (Å²) in [6, 6.07) is 5.76. The van der Waals surface area contributed by atoms with E-state index in [1.54, 1.807) is 24.3 Å². The summed E-state index contributed by atoms with van der Waals surface area (Å²) in [6.07, 6.45) is 0.738. The van der Waals surface area contributed by atoms with Crippen molar-refractivity contribution in [3.63, 3.8) is 0 Å². The van der Waals surface area contributed by atoms with E-state index < -0.39 is 12.0 Å². The Labute approximate surface area is 130 Å². The molecule has 1 aromatic carbocycles. The fourth-order valence-corrected chi connectivity index (χ4v) is 1.93. The molecule has 0 heterocycles. The molecule has 0 bridgehead atoms. The Morgan fingerprint density at radius 2 is 1.77 bits per heavy atom. The quantitative estimate of drug-likeness (QED) is 0.787. The average molecular weight is 306 g/mol. The minimum atomic E-state index is -0.683. The van der Waals surface area contributed by atoms with Crippen LogP contribution in [0.5, 0.6) is 0 Å². The highest BCUT2D eigenvalue weighted by Crippen LogP contribution is 2.13. The molecule has 0 aliphatic carbocycles. The lowest BCUT2D eigenvalue weighted by molar-refractivity contribution is -0.144. The summed E-state index contributed by atoms with van der Waals surface area (Å²) in [6.45, 7) is 5.23. The van der Waals surface area contributed by atoms with Gasteiger partial charge in [-0.15, -0.1) is 0 Å². The van der Waals surface area contributed by atoms with Crippen LogP contribution in [0.4, 0.5) is 5.69 Å². The Balaban J connectivity index is 2.81. The summed E-state index contributed by atoms with van der Waals surface area (Å²) >= 11 is 0. The molecule has 120 valence electrons. The fourth-order valence-electron chi connectivity index (χ4n) is 1.93. The molecule has 6 nitrogen and oxygen atoms in total. The van der Waals surface area contributed by atoms with Crippen LogP contribution in [-0.4, -0.2) is 30.9 Å². The normalized spacial score (nSPS) is 12.9. The number of hydrogen-bond donors (Lipinski definition) is 2. The molecule has 22 heavy (non-hydrogen) atoms. The molecule has 2 atom stereocenters. The highest BCUT2D eigenvalue weighted by atomic mass is 16.5. The van der Waals surface area contributed by atoms with Crippen LogP contribution >= 0.6 is 0 Å². The zero-order valence-electron chi connectivity index (χ0n) is 13.3. The fraction of sp³-hybridized carbons (Fsp3) is 0.438. The predicted octanol–water partition coefficient (Wildman–Crippen LogP) is 1.96. The summed E-state index contributed by atoms with van der Waals surface area (Å²) in [7, 11) is 1.30. The predicted molar refractivity (Wildman–Crippen MR) is 83.5 cm³/mol. The van der Waals surface area contributed by atoms with Crippen LogP contribution in [0.3, 0.4) is 0 Å². The number of amides is 2. The van der Waals surface area contributed by atoms with Crippen molar-refractivity contribution in [2.75, 3.05) is 12.4 Å². The summed E-state index contributed by atoms with van der Waals surface area (Å²) in [5, 5.41) is 5.32. The van der Waals surface area contributed by atoms with E-state index in [1.807, 2.05) is 13.8 Å². The van der Waals surface area contributed by atoms with Gasteiger partial charge in [0.25, 0.3) is 5.91 Å². The Morgan fingerprint density at radius 1 is 1.18 bits per heavy atom. The Morgan fingerprint density at radius 3 is 2.23 bits per heavy atom. The van der Waals surface area contributed by atoms with Crippen molar-refractivity contribution in [2.24, 2.45) is 5.92 Å². The minimum absolute atomic E-state index is 0.0324. The molecule has 0 radical (unpaired) electrons. The first kappa shape index (κ1) is 17.7. The summed E-state index contributed by atoms with van der Waals surface area (Å²) in [4.78, 5) is 34.9. The maximum Gasteiger partial charge on any atom is 0.328 e. The highest BCUT2D eigenvalue weighted by Gasteiger charge is 2.26. The number of carbonyl (C=O) groups is 3. The molecule has 0 aliphatic rings. The van der Waals surface area contributed by atoms with Gasteiger partial charge in [0.1, 0.15) is 6.04 Å². The van der Waals surface area contributed by atoms with Gasteiger partial charge in [-0.2, -0.15) is 0 Å². The molecule has 0 aromatic heterocycles. The Hall–Kier alpha value is -2.37. The van der Waals surface area contributed by atoms with Gasteiger partial charge in [0.15, 0.2) is 0 Å². The summed E-state index contributed by atoms with van der Waals surface area (Å²) in [5.74, 6) is -1.03. The van der Waals surface area contributed by atoms with Gasteiger partial charge in [-0.1, -0.05) is 20.3 Å². The molecule has 2 amide bonds. The minimum Gasteiger partial charge on any atom is -0.467 e. The van der Waals surface area contributed by atoms with Gasteiger partial charge in [-0.3, -0.25) is 9.59 Å². The van der Waals surface area contributed by atoms with Crippen molar-refractivity contribution in [1.82, 2.24) is 5.32 Å². The van der Waals surface area contributed by atoms with E-state index in [4.69, 9.17) is 4.74 Å². The first-order valence-electron chi connectivity index (χ1n) is 7.15. The van der Waals surface area contributed by atoms with Gasteiger partial charge in [0.2, 0.25) is 5.91 Å². The summed E-state index contributed by atoms with van der Waals surface area (Å²) < 4.78 is 4.73. The van der Waals surface area contributed by atoms with Crippen LogP contribution in [0.1, 0.15) is 37.6 Å². The molecule has 0 unspecified atom stereocenters. The second-order valence-corrected chi connectivity index (χ2v) is 5.12. The van der Waals surface area contributed by atoms with Gasteiger partial charge < -0.3 is 15.4 Å². The maximum atomic E-state index is 12.2. The number of esters is 1. The monoisotopic (exact) mass is 306 g/mol. The lowest BCUT2D eigenvalue weighted by Crippen LogP contribution is -2.45. The van der Waals surface area contributed by atoms with E-state index >= 15 is 0 Å². The molecule has 2 N–H and O–H groups in total. The second-order valence-electron chi connectivity index (χ2n) is 5.12. The average Bonchev–Trinajstić information content (AvgIpc) is 2.51. The second kappa shape index (κ2) is 8.17. The molecular formula is C16H22N2O4. The zero-order chi connectivity index (χ0) is 16.7. The zero-order valence-corrected chi connectivity index (χ0v) is 13.3. The lowest BCUT2D eigenvalue weighted by atomic mass is 9.99. The van der Waals surface area contributed by atoms with Crippen molar-refractivity contribution in [3.05, 3.63) is 29.8 Å².